The topological polar surface area (TPSA) is 67.6 Å². The molecule has 0 amide bonds. The van der Waals surface area contributed by atoms with Crippen molar-refractivity contribution in [3.05, 3.63) is 41.6 Å². The Morgan fingerprint density at radius 2 is 2.10 bits per heavy atom. The number of fused-ring (bicyclic) bond motifs is 1. The Kier molecular flexibility index (Phi) is 2.84. The lowest BCUT2D eigenvalue weighted by Crippen LogP contribution is -2.10. The normalized spacial score (nSPS) is 17.7. The number of rotatable bonds is 2. The zero-order valence-corrected chi connectivity index (χ0v) is 11.8. The van der Waals surface area contributed by atoms with Crippen molar-refractivity contribution in [2.45, 2.75) is 26.2 Å². The molecular weight excluding hydrogens is 264 g/mol. The minimum atomic E-state index is 0.500. The first-order valence-corrected chi connectivity index (χ1v) is 7.27. The molecule has 1 aliphatic rings. The lowest BCUT2D eigenvalue weighted by molar-refractivity contribution is 0.429. The highest BCUT2D eigenvalue weighted by Gasteiger charge is 2.25. The van der Waals surface area contributed by atoms with Crippen molar-refractivity contribution in [3.63, 3.8) is 0 Å². The third kappa shape index (κ3) is 2.14. The summed E-state index contributed by atoms with van der Waals surface area (Å²) in [6.45, 7) is 2.27. The highest BCUT2D eigenvalue weighted by molar-refractivity contribution is 5.60. The molecule has 1 N–H and O–H groups in total. The van der Waals surface area contributed by atoms with E-state index in [0.717, 1.165) is 24.1 Å². The van der Waals surface area contributed by atoms with Crippen LogP contribution in [0.4, 0.5) is 0 Å². The molecule has 5 heteroatoms. The maximum absolute atomic E-state index is 5.42. The van der Waals surface area contributed by atoms with Gasteiger partial charge in [0.05, 0.1) is 0 Å². The van der Waals surface area contributed by atoms with E-state index in [2.05, 4.69) is 27.3 Å². The van der Waals surface area contributed by atoms with E-state index in [0.29, 0.717) is 17.6 Å². The van der Waals surface area contributed by atoms with Crippen LogP contribution in [-0.2, 0) is 12.8 Å². The van der Waals surface area contributed by atoms with Gasteiger partial charge < -0.3 is 4.52 Å². The molecule has 0 spiro atoms. The standard InChI is InChI=1S/C16H16N4O/c1-10-7-8-13-12(9-10)14(19-18-13)16-17-15(20-21-16)11-5-3-2-4-6-11/h2-6,10H,7-9H2,1H3,(H,18,19)/t10-/m1/s1. The van der Waals surface area contributed by atoms with Gasteiger partial charge in [-0.2, -0.15) is 10.1 Å². The van der Waals surface area contributed by atoms with Crippen LogP contribution < -0.4 is 0 Å². The van der Waals surface area contributed by atoms with Gasteiger partial charge in [0.2, 0.25) is 5.82 Å². The summed E-state index contributed by atoms with van der Waals surface area (Å²) in [6, 6.07) is 9.83. The quantitative estimate of drug-likeness (QED) is 0.782. The molecule has 1 aliphatic carbocycles. The molecular formula is C16H16N4O. The van der Waals surface area contributed by atoms with Gasteiger partial charge in [-0.25, -0.2) is 0 Å². The van der Waals surface area contributed by atoms with Gasteiger partial charge in [0, 0.05) is 16.8 Å². The van der Waals surface area contributed by atoms with Gasteiger partial charge in [-0.1, -0.05) is 42.4 Å². The monoisotopic (exact) mass is 280 g/mol. The number of H-pyrrole nitrogens is 1. The summed E-state index contributed by atoms with van der Waals surface area (Å²) in [5, 5.41) is 11.6. The van der Waals surface area contributed by atoms with Crippen molar-refractivity contribution in [2.24, 2.45) is 5.92 Å². The van der Waals surface area contributed by atoms with Crippen LogP contribution in [-0.4, -0.2) is 20.3 Å². The minimum Gasteiger partial charge on any atom is -0.332 e. The molecule has 3 aromatic rings. The number of nitrogens with zero attached hydrogens (tertiary/aromatic N) is 3. The van der Waals surface area contributed by atoms with Crippen LogP contribution in [0.5, 0.6) is 0 Å². The van der Waals surface area contributed by atoms with Gasteiger partial charge in [-0.15, -0.1) is 0 Å². The summed E-state index contributed by atoms with van der Waals surface area (Å²) in [4.78, 5) is 4.50. The van der Waals surface area contributed by atoms with Gasteiger partial charge in [-0.05, 0) is 25.2 Å². The van der Waals surface area contributed by atoms with Gasteiger partial charge in [0.15, 0.2) is 5.69 Å². The fraction of sp³-hybridized carbons (Fsp3) is 0.312. The number of aryl methyl sites for hydroxylation is 1. The Balaban J connectivity index is 1.72. The van der Waals surface area contributed by atoms with E-state index in [4.69, 9.17) is 4.52 Å². The third-order valence-corrected chi connectivity index (χ3v) is 4.05. The first-order chi connectivity index (χ1) is 10.3. The first kappa shape index (κ1) is 12.3. The van der Waals surface area contributed by atoms with E-state index in [-0.39, 0.29) is 0 Å². The Labute approximate surface area is 122 Å². The smallest absolute Gasteiger partial charge is 0.279 e. The lowest BCUT2D eigenvalue weighted by atomic mass is 9.88. The number of aromatic nitrogens is 4. The van der Waals surface area contributed by atoms with Crippen LogP contribution in [0.1, 0.15) is 24.6 Å². The maximum Gasteiger partial charge on any atom is 0.279 e. The van der Waals surface area contributed by atoms with Crippen LogP contribution in [0.2, 0.25) is 0 Å². The second kappa shape index (κ2) is 4.84. The Morgan fingerprint density at radius 1 is 1.24 bits per heavy atom. The maximum atomic E-state index is 5.42. The molecule has 0 radical (unpaired) electrons. The van der Waals surface area contributed by atoms with E-state index in [1.54, 1.807) is 0 Å². The predicted octanol–water partition coefficient (Wildman–Crippen LogP) is 3.25. The van der Waals surface area contributed by atoms with Crippen molar-refractivity contribution in [1.29, 1.82) is 0 Å². The fourth-order valence-corrected chi connectivity index (χ4v) is 2.87. The molecule has 5 nitrogen and oxygen atoms in total. The predicted molar refractivity (Wildman–Crippen MR) is 78.5 cm³/mol. The molecule has 106 valence electrons. The first-order valence-electron chi connectivity index (χ1n) is 7.27. The average Bonchev–Trinajstić information content (AvgIpc) is 3.14. The van der Waals surface area contributed by atoms with Gasteiger partial charge in [-0.3, -0.25) is 5.10 Å². The van der Waals surface area contributed by atoms with E-state index in [1.807, 2.05) is 30.3 Å². The van der Waals surface area contributed by atoms with Gasteiger partial charge >= 0.3 is 0 Å². The van der Waals surface area contributed by atoms with Gasteiger partial charge in [0.1, 0.15) is 0 Å². The van der Waals surface area contributed by atoms with Crippen LogP contribution in [0, 0.1) is 5.92 Å². The molecule has 0 bridgehead atoms. The highest BCUT2D eigenvalue weighted by atomic mass is 16.5. The summed E-state index contributed by atoms with van der Waals surface area (Å²) >= 11 is 0. The largest absolute Gasteiger partial charge is 0.332 e. The average molecular weight is 280 g/mol. The lowest BCUT2D eigenvalue weighted by Gasteiger charge is -2.17. The number of hydrogen-bond donors (Lipinski definition) is 1. The fourth-order valence-electron chi connectivity index (χ4n) is 2.87. The zero-order valence-electron chi connectivity index (χ0n) is 11.8. The number of aromatic amines is 1. The molecule has 21 heavy (non-hydrogen) atoms. The van der Waals surface area contributed by atoms with E-state index < -0.39 is 0 Å². The molecule has 0 saturated heterocycles. The number of nitrogens with one attached hydrogen (secondary N) is 1. The second-order valence-electron chi connectivity index (χ2n) is 5.67. The van der Waals surface area contributed by atoms with Crippen LogP contribution in [0.3, 0.4) is 0 Å². The molecule has 2 aromatic heterocycles. The van der Waals surface area contributed by atoms with E-state index in [9.17, 15) is 0 Å². The summed E-state index contributed by atoms with van der Waals surface area (Å²) in [5.74, 6) is 1.78. The van der Waals surface area contributed by atoms with Gasteiger partial charge in [0.25, 0.3) is 5.89 Å². The summed E-state index contributed by atoms with van der Waals surface area (Å²) in [7, 11) is 0. The van der Waals surface area contributed by atoms with Crippen LogP contribution >= 0.6 is 0 Å². The third-order valence-electron chi connectivity index (χ3n) is 4.05. The molecule has 4 rings (SSSR count). The van der Waals surface area contributed by atoms with Crippen molar-refractivity contribution in [2.75, 3.05) is 0 Å². The number of benzene rings is 1. The summed E-state index contributed by atoms with van der Waals surface area (Å²) < 4.78 is 5.42. The Morgan fingerprint density at radius 3 is 2.95 bits per heavy atom. The molecule has 1 atom stereocenters. The number of hydrogen-bond acceptors (Lipinski definition) is 4. The summed E-state index contributed by atoms with van der Waals surface area (Å²) in [5.41, 5.74) is 4.20. The zero-order chi connectivity index (χ0) is 14.2. The van der Waals surface area contributed by atoms with E-state index >= 15 is 0 Å². The molecule has 0 fully saturated rings. The van der Waals surface area contributed by atoms with E-state index in [1.165, 1.54) is 17.7 Å². The summed E-state index contributed by atoms with van der Waals surface area (Å²) in [6.07, 6.45) is 3.27. The van der Waals surface area contributed by atoms with Crippen molar-refractivity contribution >= 4 is 0 Å². The second-order valence-corrected chi connectivity index (χ2v) is 5.67. The minimum absolute atomic E-state index is 0.500. The molecule has 2 heterocycles. The molecule has 1 aromatic carbocycles. The Bertz CT molecular complexity index is 760. The molecule has 0 saturated carbocycles. The van der Waals surface area contributed by atoms with Crippen LogP contribution in [0.25, 0.3) is 23.0 Å². The molecule has 0 aliphatic heterocycles. The van der Waals surface area contributed by atoms with Crippen molar-refractivity contribution in [3.8, 4) is 23.0 Å². The van der Waals surface area contributed by atoms with Crippen molar-refractivity contribution < 1.29 is 4.52 Å². The molecule has 0 unspecified atom stereocenters. The van der Waals surface area contributed by atoms with Crippen molar-refractivity contribution in [1.82, 2.24) is 20.3 Å². The van der Waals surface area contributed by atoms with Crippen LogP contribution in [0.15, 0.2) is 34.9 Å². The Hall–Kier alpha value is -2.43. The SMILES string of the molecule is C[C@@H]1CCc2[nH]nc(-c3nc(-c4ccccc4)no3)c2C1. The highest BCUT2D eigenvalue weighted by Crippen LogP contribution is 2.31.